The fraction of sp³-hybridized carbons (Fsp3) is 0.905. The third kappa shape index (κ3) is 30.2. The zero-order valence-electron chi connectivity index (χ0n) is 16.1. The van der Waals surface area contributed by atoms with Crippen LogP contribution in [0.4, 0.5) is 0 Å². The van der Waals surface area contributed by atoms with E-state index >= 15 is 0 Å². The minimum Gasteiger partial charge on any atom is -0.396 e. The first-order valence-corrected chi connectivity index (χ1v) is 10.2. The third-order valence-corrected chi connectivity index (χ3v) is 3.94. The van der Waals surface area contributed by atoms with Crippen LogP contribution in [0.2, 0.25) is 0 Å². The number of aliphatic hydroxyl groups is 2. The fourth-order valence-electron chi connectivity index (χ4n) is 2.43. The van der Waals surface area contributed by atoms with Crippen molar-refractivity contribution >= 4 is 0 Å². The molecule has 0 spiro atoms. The van der Waals surface area contributed by atoms with Crippen LogP contribution in [0.3, 0.4) is 0 Å². The molecule has 0 radical (unpaired) electrons. The van der Waals surface area contributed by atoms with Crippen molar-refractivity contribution in [2.24, 2.45) is 0 Å². The third-order valence-electron chi connectivity index (χ3n) is 3.94. The molecule has 0 unspecified atom stereocenters. The van der Waals surface area contributed by atoms with Crippen LogP contribution in [0.1, 0.15) is 110 Å². The molecule has 0 fully saturated rings. The summed E-state index contributed by atoms with van der Waals surface area (Å²) in [7, 11) is 0. The summed E-state index contributed by atoms with van der Waals surface area (Å²) in [5.74, 6) is 0. The molecule has 23 heavy (non-hydrogen) atoms. The molecular weight excluding hydrogens is 284 g/mol. The van der Waals surface area contributed by atoms with E-state index in [9.17, 15) is 0 Å². The van der Waals surface area contributed by atoms with Crippen LogP contribution in [-0.2, 0) is 0 Å². The second-order valence-corrected chi connectivity index (χ2v) is 6.36. The van der Waals surface area contributed by atoms with Gasteiger partial charge in [0.1, 0.15) is 0 Å². The van der Waals surface area contributed by atoms with Crippen LogP contribution in [0.5, 0.6) is 0 Å². The molecule has 0 rings (SSSR count). The number of aliphatic hydroxyl groups excluding tert-OH is 2. The van der Waals surface area contributed by atoms with Crippen LogP contribution in [0.15, 0.2) is 12.2 Å². The van der Waals surface area contributed by atoms with E-state index in [-0.39, 0.29) is 0 Å². The molecule has 2 N–H and O–H groups in total. The van der Waals surface area contributed by atoms with E-state index in [0.717, 1.165) is 25.7 Å². The molecule has 0 bridgehead atoms. The van der Waals surface area contributed by atoms with E-state index in [1.165, 1.54) is 70.6 Å². The quantitative estimate of drug-likeness (QED) is 0.254. The largest absolute Gasteiger partial charge is 0.396 e. The summed E-state index contributed by atoms with van der Waals surface area (Å²) >= 11 is 0. The molecule has 0 saturated carbocycles. The lowest BCUT2D eigenvalue weighted by Gasteiger charge is -2.00. The summed E-state index contributed by atoms with van der Waals surface area (Å²) in [6, 6.07) is 0. The molecule has 2 nitrogen and oxygen atoms in total. The second-order valence-electron chi connectivity index (χ2n) is 6.36. The Hall–Kier alpha value is -0.340. The van der Waals surface area contributed by atoms with E-state index in [2.05, 4.69) is 26.0 Å². The Kier molecular flexibility index (Phi) is 28.8. The summed E-state index contributed by atoms with van der Waals surface area (Å²) in [6.07, 6.45) is 23.4. The maximum atomic E-state index is 8.57. The van der Waals surface area contributed by atoms with Gasteiger partial charge in [0.25, 0.3) is 0 Å². The Labute approximate surface area is 146 Å². The van der Waals surface area contributed by atoms with Crippen LogP contribution in [-0.4, -0.2) is 23.4 Å². The number of unbranched alkanes of at least 4 members (excludes halogenated alkanes) is 12. The van der Waals surface area contributed by atoms with E-state index in [4.69, 9.17) is 10.2 Å². The van der Waals surface area contributed by atoms with Gasteiger partial charge in [-0.15, -0.1) is 0 Å². The van der Waals surface area contributed by atoms with Crippen molar-refractivity contribution < 1.29 is 10.2 Å². The Balaban J connectivity index is 0. The summed E-state index contributed by atoms with van der Waals surface area (Å²) < 4.78 is 0. The highest BCUT2D eigenvalue weighted by Gasteiger charge is 1.91. The van der Waals surface area contributed by atoms with Gasteiger partial charge in [-0.05, 0) is 32.1 Å². The smallest absolute Gasteiger partial charge is 0.0431 e. The molecule has 140 valence electrons. The summed E-state index contributed by atoms with van der Waals surface area (Å²) in [5, 5.41) is 17.0. The molecule has 0 heterocycles. The van der Waals surface area contributed by atoms with Crippen LogP contribution < -0.4 is 0 Å². The highest BCUT2D eigenvalue weighted by molar-refractivity contribution is 4.79. The maximum absolute atomic E-state index is 8.57. The Morgan fingerprint density at radius 2 is 0.957 bits per heavy atom. The van der Waals surface area contributed by atoms with Gasteiger partial charge in [0.05, 0.1) is 0 Å². The lowest BCUT2D eigenvalue weighted by atomic mass is 10.1. The second kappa shape index (κ2) is 26.6. The Bertz CT molecular complexity index is 192. The van der Waals surface area contributed by atoms with Crippen molar-refractivity contribution in [2.45, 2.75) is 110 Å². The van der Waals surface area contributed by atoms with Crippen molar-refractivity contribution in [3.8, 4) is 0 Å². The normalized spacial score (nSPS) is 10.8. The summed E-state index contributed by atoms with van der Waals surface area (Å²) in [5.41, 5.74) is 0. The first kappa shape index (κ1) is 24.9. The average molecular weight is 329 g/mol. The van der Waals surface area contributed by atoms with E-state index in [0.29, 0.717) is 13.2 Å². The maximum Gasteiger partial charge on any atom is 0.0431 e. The predicted octanol–water partition coefficient (Wildman–Crippen LogP) is 6.40. The van der Waals surface area contributed by atoms with Gasteiger partial charge in [0.15, 0.2) is 0 Å². The Morgan fingerprint density at radius 3 is 1.39 bits per heavy atom. The van der Waals surface area contributed by atoms with Gasteiger partial charge in [-0.25, -0.2) is 0 Å². The monoisotopic (exact) mass is 328 g/mol. The van der Waals surface area contributed by atoms with Crippen molar-refractivity contribution in [3.63, 3.8) is 0 Å². The molecule has 0 amide bonds. The van der Waals surface area contributed by atoms with Crippen molar-refractivity contribution in [3.05, 3.63) is 12.2 Å². The van der Waals surface area contributed by atoms with Gasteiger partial charge in [-0.1, -0.05) is 90.2 Å². The molecule has 0 aliphatic carbocycles. The van der Waals surface area contributed by atoms with Gasteiger partial charge >= 0.3 is 0 Å². The standard InChI is InChI=1S/C12H26O.C9H18O/c1-2-3-4-5-6-7-8-9-10-11-12-13;1-2-3-4-5-6-7-8-9-10/h13H,2-12H2,1H3;3-4,10H,2,5-9H2,1H3/b;4-3+. The van der Waals surface area contributed by atoms with Gasteiger partial charge in [-0.2, -0.15) is 0 Å². The minimum atomic E-state index is 0.345. The van der Waals surface area contributed by atoms with E-state index < -0.39 is 0 Å². The summed E-state index contributed by atoms with van der Waals surface area (Å²) in [4.78, 5) is 0. The lowest BCUT2D eigenvalue weighted by Crippen LogP contribution is -1.84. The van der Waals surface area contributed by atoms with Gasteiger partial charge in [-0.3, -0.25) is 0 Å². The van der Waals surface area contributed by atoms with Crippen LogP contribution in [0.25, 0.3) is 0 Å². The molecule has 0 aliphatic heterocycles. The van der Waals surface area contributed by atoms with E-state index in [1.54, 1.807) is 0 Å². The highest BCUT2D eigenvalue weighted by Crippen LogP contribution is 2.10. The SMILES string of the molecule is CC/C=C/CCCCCO.CCCCCCCCCCCCO. The first-order chi connectivity index (χ1) is 11.3. The highest BCUT2D eigenvalue weighted by atomic mass is 16.3. The molecule has 2 heteroatoms. The zero-order valence-corrected chi connectivity index (χ0v) is 16.1. The zero-order chi connectivity index (χ0) is 17.4. The minimum absolute atomic E-state index is 0.345. The molecule has 0 atom stereocenters. The predicted molar refractivity (Wildman–Crippen MR) is 104 cm³/mol. The average Bonchev–Trinajstić information content (AvgIpc) is 2.57. The molecule has 0 aliphatic rings. The van der Waals surface area contributed by atoms with E-state index in [1.807, 2.05) is 0 Å². The van der Waals surface area contributed by atoms with Crippen molar-refractivity contribution in [1.29, 1.82) is 0 Å². The molecule has 0 aromatic carbocycles. The number of allylic oxidation sites excluding steroid dienone is 2. The molecule has 0 saturated heterocycles. The fourth-order valence-corrected chi connectivity index (χ4v) is 2.43. The molecule has 0 aromatic rings. The number of hydrogen-bond donors (Lipinski definition) is 2. The number of hydrogen-bond acceptors (Lipinski definition) is 2. The topological polar surface area (TPSA) is 40.5 Å². The van der Waals surface area contributed by atoms with Gasteiger partial charge in [0.2, 0.25) is 0 Å². The summed E-state index contributed by atoms with van der Waals surface area (Å²) in [6.45, 7) is 5.12. The first-order valence-electron chi connectivity index (χ1n) is 10.2. The van der Waals surface area contributed by atoms with Crippen molar-refractivity contribution in [1.82, 2.24) is 0 Å². The lowest BCUT2D eigenvalue weighted by molar-refractivity contribution is 0.282. The van der Waals surface area contributed by atoms with Crippen LogP contribution in [0, 0.1) is 0 Å². The molecular formula is C21H44O2. The number of rotatable bonds is 16. The Morgan fingerprint density at radius 1 is 0.522 bits per heavy atom. The van der Waals surface area contributed by atoms with Gasteiger partial charge in [0, 0.05) is 13.2 Å². The van der Waals surface area contributed by atoms with Crippen molar-refractivity contribution in [2.75, 3.05) is 13.2 Å². The molecule has 0 aromatic heterocycles. The van der Waals surface area contributed by atoms with Gasteiger partial charge < -0.3 is 10.2 Å². The van der Waals surface area contributed by atoms with Crippen LogP contribution >= 0.6 is 0 Å².